The summed E-state index contributed by atoms with van der Waals surface area (Å²) in [5.41, 5.74) is 1.65. The quantitative estimate of drug-likeness (QED) is 0.807. The van der Waals surface area contributed by atoms with Gasteiger partial charge in [-0.3, -0.25) is 5.10 Å². The number of hydrogen-bond acceptors (Lipinski definition) is 4. The van der Waals surface area contributed by atoms with Crippen molar-refractivity contribution in [2.75, 3.05) is 13.1 Å². The molecular formula is C16H19Cl2N3O2S. The van der Waals surface area contributed by atoms with Crippen LogP contribution in [-0.2, 0) is 11.4 Å². The molecule has 1 saturated heterocycles. The highest BCUT2D eigenvalue weighted by atomic mass is 35.5. The van der Waals surface area contributed by atoms with Crippen LogP contribution in [0.3, 0.4) is 0 Å². The number of ether oxygens (including phenoxy) is 1. The summed E-state index contributed by atoms with van der Waals surface area (Å²) in [5, 5.41) is 8.01. The maximum absolute atomic E-state index is 12.8. The van der Waals surface area contributed by atoms with Crippen LogP contribution in [0.15, 0.2) is 23.1 Å². The smallest absolute Gasteiger partial charge is 0.217 e. The largest absolute Gasteiger partial charge is 0.593 e. The topological polar surface area (TPSA) is 64.2 Å². The molecule has 5 nitrogen and oxygen atoms in total. The number of nitrogens with one attached hydrogen (secondary N) is 1. The number of benzene rings is 1. The van der Waals surface area contributed by atoms with Crippen molar-refractivity contribution in [2.24, 2.45) is 0 Å². The van der Waals surface area contributed by atoms with Gasteiger partial charge in [-0.15, -0.1) is 4.31 Å². The van der Waals surface area contributed by atoms with Gasteiger partial charge >= 0.3 is 0 Å². The molecule has 8 heteroatoms. The Bertz CT molecular complexity index is 698. The summed E-state index contributed by atoms with van der Waals surface area (Å²) >= 11 is 10.7. The molecule has 0 amide bonds. The van der Waals surface area contributed by atoms with Crippen molar-refractivity contribution in [3.05, 3.63) is 39.6 Å². The second-order valence-electron chi connectivity index (χ2n) is 5.83. The van der Waals surface area contributed by atoms with Gasteiger partial charge in [0.15, 0.2) is 0 Å². The maximum Gasteiger partial charge on any atom is 0.217 e. The summed E-state index contributed by atoms with van der Waals surface area (Å²) in [6.07, 6.45) is 1.70. The molecule has 3 rings (SSSR count). The van der Waals surface area contributed by atoms with E-state index in [9.17, 15) is 4.55 Å². The third-order valence-corrected chi connectivity index (χ3v) is 6.59. The molecule has 0 bridgehead atoms. The zero-order valence-electron chi connectivity index (χ0n) is 13.5. The average molecular weight is 388 g/mol. The van der Waals surface area contributed by atoms with Crippen LogP contribution < -0.4 is 4.74 Å². The number of rotatable bonds is 4. The summed E-state index contributed by atoms with van der Waals surface area (Å²) in [6.45, 7) is 5.19. The SMILES string of the molecule is Cc1n[nH]c(C)c1[S+]([O-])N1CCC(Oc2ccc(Cl)c(Cl)c2)CC1. The third kappa shape index (κ3) is 3.83. The summed E-state index contributed by atoms with van der Waals surface area (Å²) in [7, 11) is 0. The van der Waals surface area contributed by atoms with Crippen LogP contribution in [0.5, 0.6) is 5.75 Å². The van der Waals surface area contributed by atoms with Gasteiger partial charge < -0.3 is 9.29 Å². The van der Waals surface area contributed by atoms with Crippen molar-refractivity contribution in [1.82, 2.24) is 14.5 Å². The first kappa shape index (κ1) is 17.9. The van der Waals surface area contributed by atoms with Crippen LogP contribution >= 0.6 is 23.2 Å². The van der Waals surface area contributed by atoms with E-state index in [1.807, 2.05) is 24.2 Å². The number of hydrogen-bond donors (Lipinski definition) is 1. The summed E-state index contributed by atoms with van der Waals surface area (Å²) in [6, 6.07) is 5.28. The minimum atomic E-state index is -1.18. The fourth-order valence-corrected chi connectivity index (χ4v) is 4.48. The lowest BCUT2D eigenvalue weighted by Gasteiger charge is -2.31. The van der Waals surface area contributed by atoms with Crippen LogP contribution in [0.1, 0.15) is 24.2 Å². The molecule has 130 valence electrons. The Balaban J connectivity index is 1.58. The van der Waals surface area contributed by atoms with Gasteiger partial charge in [-0.2, -0.15) is 5.10 Å². The lowest BCUT2D eigenvalue weighted by molar-refractivity contribution is 0.135. The second-order valence-corrected chi connectivity index (χ2v) is 8.07. The van der Waals surface area contributed by atoms with E-state index in [2.05, 4.69) is 10.2 Å². The number of H-pyrrole nitrogens is 1. The summed E-state index contributed by atoms with van der Waals surface area (Å²) in [4.78, 5) is 0.791. The number of halogens is 2. The normalized spacial score (nSPS) is 17.9. The van der Waals surface area contributed by atoms with Crippen LogP contribution in [0.4, 0.5) is 0 Å². The van der Waals surface area contributed by atoms with E-state index in [1.54, 1.807) is 12.1 Å². The molecule has 1 N–H and O–H groups in total. The van der Waals surface area contributed by atoms with Gasteiger partial charge in [-0.1, -0.05) is 23.2 Å². The predicted octanol–water partition coefficient (Wildman–Crippen LogP) is 3.90. The van der Waals surface area contributed by atoms with Gasteiger partial charge in [0, 0.05) is 32.0 Å². The van der Waals surface area contributed by atoms with Crippen molar-refractivity contribution >= 4 is 34.6 Å². The molecule has 1 aliphatic heterocycles. The minimum absolute atomic E-state index is 0.0852. The Kier molecular flexibility index (Phi) is 5.62. The number of aromatic amines is 1. The highest BCUT2D eigenvalue weighted by Gasteiger charge is 2.32. The molecule has 1 unspecified atom stereocenters. The first-order valence-electron chi connectivity index (χ1n) is 7.76. The van der Waals surface area contributed by atoms with E-state index >= 15 is 0 Å². The van der Waals surface area contributed by atoms with Gasteiger partial charge in [0.05, 0.1) is 27.1 Å². The Morgan fingerprint density at radius 2 is 1.96 bits per heavy atom. The Morgan fingerprint density at radius 1 is 1.25 bits per heavy atom. The predicted molar refractivity (Wildman–Crippen MR) is 96.2 cm³/mol. The van der Waals surface area contributed by atoms with Crippen LogP contribution in [0.25, 0.3) is 0 Å². The second kappa shape index (κ2) is 7.54. The fraction of sp³-hybridized carbons (Fsp3) is 0.438. The molecule has 1 fully saturated rings. The molecule has 1 atom stereocenters. The average Bonchev–Trinajstić information content (AvgIpc) is 2.90. The van der Waals surface area contributed by atoms with Crippen LogP contribution in [0.2, 0.25) is 10.0 Å². The molecule has 0 spiro atoms. The first-order chi connectivity index (χ1) is 11.5. The van der Waals surface area contributed by atoms with Crippen molar-refractivity contribution in [2.45, 2.75) is 37.7 Å². The molecule has 1 aliphatic rings. The van der Waals surface area contributed by atoms with Gasteiger partial charge in [0.2, 0.25) is 4.90 Å². The molecule has 24 heavy (non-hydrogen) atoms. The molecule has 0 radical (unpaired) electrons. The standard InChI is InChI=1S/C16H19Cl2N3O2S/c1-10-16(11(2)20-19-10)24(22)21-7-5-12(6-8-21)23-13-3-4-14(17)15(18)9-13/h3-4,9,12H,5-8H2,1-2H3,(H,19,20). The lowest BCUT2D eigenvalue weighted by Crippen LogP contribution is -2.42. The van der Waals surface area contributed by atoms with Gasteiger partial charge in [-0.05, 0) is 26.0 Å². The van der Waals surface area contributed by atoms with Crippen molar-refractivity contribution in [1.29, 1.82) is 0 Å². The Hall–Kier alpha value is -0.920. The number of aryl methyl sites for hydroxylation is 2. The number of nitrogens with zero attached hydrogens (tertiary/aromatic N) is 2. The molecular weight excluding hydrogens is 369 g/mol. The van der Waals surface area contributed by atoms with E-state index in [4.69, 9.17) is 27.9 Å². The maximum atomic E-state index is 12.8. The zero-order chi connectivity index (χ0) is 17.3. The van der Waals surface area contributed by atoms with Crippen LogP contribution in [-0.4, -0.2) is 38.2 Å². The molecule has 1 aromatic carbocycles. The van der Waals surface area contributed by atoms with E-state index in [0.29, 0.717) is 28.9 Å². The molecule has 1 aromatic heterocycles. The van der Waals surface area contributed by atoms with Crippen molar-refractivity contribution < 1.29 is 9.29 Å². The van der Waals surface area contributed by atoms with Gasteiger partial charge in [0.25, 0.3) is 0 Å². The van der Waals surface area contributed by atoms with E-state index in [0.717, 1.165) is 29.1 Å². The van der Waals surface area contributed by atoms with E-state index < -0.39 is 11.4 Å². The Morgan fingerprint density at radius 3 is 2.54 bits per heavy atom. The molecule has 2 aromatic rings. The monoisotopic (exact) mass is 387 g/mol. The molecule has 0 aliphatic carbocycles. The Labute approximate surface area is 154 Å². The van der Waals surface area contributed by atoms with Crippen LogP contribution in [0, 0.1) is 13.8 Å². The lowest BCUT2D eigenvalue weighted by atomic mass is 10.1. The summed E-state index contributed by atoms with van der Waals surface area (Å²) < 4.78 is 20.7. The number of piperidine rings is 1. The van der Waals surface area contributed by atoms with Crippen molar-refractivity contribution in [3.63, 3.8) is 0 Å². The third-order valence-electron chi connectivity index (χ3n) is 4.06. The molecule has 2 heterocycles. The van der Waals surface area contributed by atoms with E-state index in [-0.39, 0.29) is 6.10 Å². The zero-order valence-corrected chi connectivity index (χ0v) is 15.8. The molecule has 0 saturated carbocycles. The van der Waals surface area contributed by atoms with Gasteiger partial charge in [-0.25, -0.2) is 0 Å². The fourth-order valence-electron chi connectivity index (χ4n) is 2.79. The highest BCUT2D eigenvalue weighted by molar-refractivity contribution is 7.89. The van der Waals surface area contributed by atoms with E-state index in [1.165, 1.54) is 0 Å². The summed E-state index contributed by atoms with van der Waals surface area (Å²) in [5.74, 6) is 0.713. The highest BCUT2D eigenvalue weighted by Crippen LogP contribution is 2.29. The minimum Gasteiger partial charge on any atom is -0.593 e. The number of aromatic nitrogens is 2. The van der Waals surface area contributed by atoms with Crippen molar-refractivity contribution in [3.8, 4) is 5.75 Å². The van der Waals surface area contributed by atoms with Gasteiger partial charge in [0.1, 0.15) is 17.5 Å². The first-order valence-corrected chi connectivity index (χ1v) is 9.62.